The summed E-state index contributed by atoms with van der Waals surface area (Å²) in [4.78, 5) is 10.6. The molecule has 0 amide bonds. The molecule has 2 aromatic rings. The Hall–Kier alpha value is -1.89. The first-order chi connectivity index (χ1) is 9.11. The summed E-state index contributed by atoms with van der Waals surface area (Å²) >= 11 is 1.10. The van der Waals surface area contributed by atoms with Crippen molar-refractivity contribution in [1.82, 2.24) is 14.8 Å². The van der Waals surface area contributed by atoms with Crippen LogP contribution in [0.15, 0.2) is 29.4 Å². The molecule has 1 aromatic heterocycles. The van der Waals surface area contributed by atoms with Crippen molar-refractivity contribution in [3.05, 3.63) is 35.7 Å². The standard InChI is InChI=1S/C12H12FN3O2S/c1-8-14-15-12(19-7-11(17)18)16(8)10-4-2-9(6-13)3-5-10/h2-5H,6-7H2,1H3,(H,17,18). The van der Waals surface area contributed by atoms with Gasteiger partial charge in [-0.3, -0.25) is 9.36 Å². The molecule has 2 rings (SSSR count). The van der Waals surface area contributed by atoms with Crippen LogP contribution in [0.3, 0.4) is 0 Å². The predicted octanol–water partition coefficient (Wildman–Crippen LogP) is 2.22. The van der Waals surface area contributed by atoms with E-state index in [1.807, 2.05) is 0 Å². The third kappa shape index (κ3) is 3.11. The van der Waals surface area contributed by atoms with Crippen LogP contribution >= 0.6 is 11.8 Å². The lowest BCUT2D eigenvalue weighted by atomic mass is 10.2. The first-order valence-electron chi connectivity index (χ1n) is 5.53. The number of aromatic nitrogens is 3. The number of aliphatic carboxylic acids is 1. The molecule has 0 unspecified atom stereocenters. The number of rotatable bonds is 5. The number of hydrogen-bond donors (Lipinski definition) is 1. The van der Waals surface area contributed by atoms with E-state index in [1.54, 1.807) is 35.8 Å². The van der Waals surface area contributed by atoms with E-state index in [2.05, 4.69) is 10.2 Å². The summed E-state index contributed by atoms with van der Waals surface area (Å²) in [6.07, 6.45) is 0. The highest BCUT2D eigenvalue weighted by molar-refractivity contribution is 7.99. The number of alkyl halides is 1. The fraction of sp³-hybridized carbons (Fsp3) is 0.250. The van der Waals surface area contributed by atoms with Crippen LogP contribution < -0.4 is 0 Å². The number of carboxylic acid groups (broad SMARTS) is 1. The third-order valence-corrected chi connectivity index (χ3v) is 3.38. The van der Waals surface area contributed by atoms with E-state index in [-0.39, 0.29) is 5.75 Å². The van der Waals surface area contributed by atoms with E-state index in [0.717, 1.165) is 17.4 Å². The molecule has 0 radical (unpaired) electrons. The number of carbonyl (C=O) groups is 1. The zero-order chi connectivity index (χ0) is 13.8. The van der Waals surface area contributed by atoms with E-state index in [1.165, 1.54) is 0 Å². The molecule has 5 nitrogen and oxygen atoms in total. The Morgan fingerprint density at radius 3 is 2.63 bits per heavy atom. The third-order valence-electron chi connectivity index (χ3n) is 2.47. The largest absolute Gasteiger partial charge is 0.481 e. The van der Waals surface area contributed by atoms with Gasteiger partial charge in [-0.15, -0.1) is 10.2 Å². The molecular formula is C12H12FN3O2S. The van der Waals surface area contributed by atoms with E-state index in [0.29, 0.717) is 16.5 Å². The van der Waals surface area contributed by atoms with E-state index >= 15 is 0 Å². The minimum absolute atomic E-state index is 0.0826. The second-order valence-electron chi connectivity index (χ2n) is 3.85. The lowest BCUT2D eigenvalue weighted by Crippen LogP contribution is -2.03. The molecule has 1 aromatic carbocycles. The molecule has 0 atom stereocenters. The highest BCUT2D eigenvalue weighted by Crippen LogP contribution is 2.22. The van der Waals surface area contributed by atoms with Crippen LogP contribution in [0.4, 0.5) is 4.39 Å². The monoisotopic (exact) mass is 281 g/mol. The van der Waals surface area contributed by atoms with E-state index in [9.17, 15) is 9.18 Å². The minimum Gasteiger partial charge on any atom is -0.481 e. The fourth-order valence-electron chi connectivity index (χ4n) is 1.59. The van der Waals surface area contributed by atoms with Gasteiger partial charge in [0.25, 0.3) is 0 Å². The number of halogens is 1. The van der Waals surface area contributed by atoms with E-state index < -0.39 is 12.6 Å². The first-order valence-corrected chi connectivity index (χ1v) is 6.52. The second kappa shape index (κ2) is 5.83. The van der Waals surface area contributed by atoms with Crippen LogP contribution in [-0.4, -0.2) is 31.6 Å². The van der Waals surface area contributed by atoms with Gasteiger partial charge in [0.15, 0.2) is 5.16 Å². The zero-order valence-corrected chi connectivity index (χ0v) is 11.0. The summed E-state index contributed by atoms with van der Waals surface area (Å²) in [7, 11) is 0. The van der Waals surface area contributed by atoms with Crippen LogP contribution in [0.5, 0.6) is 0 Å². The molecule has 0 aliphatic carbocycles. The van der Waals surface area contributed by atoms with Crippen molar-refractivity contribution in [3.63, 3.8) is 0 Å². The average molecular weight is 281 g/mol. The van der Waals surface area contributed by atoms with Gasteiger partial charge in [-0.25, -0.2) is 4.39 Å². The summed E-state index contributed by atoms with van der Waals surface area (Å²) in [5, 5.41) is 17.1. The lowest BCUT2D eigenvalue weighted by Gasteiger charge is -2.08. The summed E-state index contributed by atoms with van der Waals surface area (Å²) in [5.41, 5.74) is 1.38. The summed E-state index contributed by atoms with van der Waals surface area (Å²) in [6, 6.07) is 6.88. The van der Waals surface area contributed by atoms with E-state index in [4.69, 9.17) is 5.11 Å². The summed E-state index contributed by atoms with van der Waals surface area (Å²) in [5.74, 6) is -0.341. The lowest BCUT2D eigenvalue weighted by molar-refractivity contribution is -0.133. The molecule has 19 heavy (non-hydrogen) atoms. The normalized spacial score (nSPS) is 10.6. The van der Waals surface area contributed by atoms with Crippen LogP contribution in [-0.2, 0) is 11.5 Å². The van der Waals surface area contributed by atoms with Gasteiger partial charge in [-0.2, -0.15) is 0 Å². The molecule has 0 fully saturated rings. The number of nitrogens with zero attached hydrogens (tertiary/aromatic N) is 3. The van der Waals surface area contributed by atoms with Gasteiger partial charge < -0.3 is 5.11 Å². The SMILES string of the molecule is Cc1nnc(SCC(=O)O)n1-c1ccc(CF)cc1. The Bertz CT molecular complexity index is 583. The Kier molecular flexibility index (Phi) is 4.16. The van der Waals surface area contributed by atoms with Crippen molar-refractivity contribution >= 4 is 17.7 Å². The maximum absolute atomic E-state index is 12.5. The van der Waals surface area contributed by atoms with Gasteiger partial charge in [0.05, 0.1) is 5.75 Å². The van der Waals surface area contributed by atoms with Crippen LogP contribution in [0.2, 0.25) is 0 Å². The quantitative estimate of drug-likeness (QED) is 0.851. The van der Waals surface area contributed by atoms with Crippen molar-refractivity contribution in [2.24, 2.45) is 0 Å². The molecule has 0 saturated heterocycles. The second-order valence-corrected chi connectivity index (χ2v) is 4.79. The maximum atomic E-state index is 12.5. The number of carboxylic acids is 1. The van der Waals surface area contributed by atoms with Crippen LogP contribution in [0.1, 0.15) is 11.4 Å². The first kappa shape index (κ1) is 13.5. The number of thioether (sulfide) groups is 1. The highest BCUT2D eigenvalue weighted by Gasteiger charge is 2.12. The zero-order valence-electron chi connectivity index (χ0n) is 10.2. The Morgan fingerprint density at radius 2 is 2.05 bits per heavy atom. The molecular weight excluding hydrogens is 269 g/mol. The van der Waals surface area contributed by atoms with Crippen molar-refractivity contribution in [2.45, 2.75) is 18.8 Å². The van der Waals surface area contributed by atoms with Crippen molar-refractivity contribution in [2.75, 3.05) is 5.75 Å². The number of hydrogen-bond acceptors (Lipinski definition) is 4. The molecule has 1 heterocycles. The molecule has 7 heteroatoms. The highest BCUT2D eigenvalue weighted by atomic mass is 32.2. The topological polar surface area (TPSA) is 68.0 Å². The predicted molar refractivity (Wildman–Crippen MR) is 69.3 cm³/mol. The smallest absolute Gasteiger partial charge is 0.313 e. The molecule has 0 spiro atoms. The fourth-order valence-corrected chi connectivity index (χ4v) is 2.31. The Morgan fingerprint density at radius 1 is 1.37 bits per heavy atom. The summed E-state index contributed by atoms with van der Waals surface area (Å²) < 4.78 is 14.2. The van der Waals surface area contributed by atoms with Gasteiger partial charge in [-0.05, 0) is 24.6 Å². The van der Waals surface area contributed by atoms with Gasteiger partial charge in [0, 0.05) is 5.69 Å². The summed E-state index contributed by atoms with van der Waals surface area (Å²) in [6.45, 7) is 1.27. The van der Waals surface area contributed by atoms with Gasteiger partial charge in [-0.1, -0.05) is 23.9 Å². The van der Waals surface area contributed by atoms with Gasteiger partial charge >= 0.3 is 5.97 Å². The van der Waals surface area contributed by atoms with Gasteiger partial charge in [0.1, 0.15) is 12.5 Å². The van der Waals surface area contributed by atoms with Crippen LogP contribution in [0, 0.1) is 6.92 Å². The van der Waals surface area contributed by atoms with Crippen LogP contribution in [0.25, 0.3) is 5.69 Å². The maximum Gasteiger partial charge on any atom is 0.313 e. The minimum atomic E-state index is -0.912. The number of aryl methyl sites for hydroxylation is 1. The van der Waals surface area contributed by atoms with Crippen molar-refractivity contribution in [1.29, 1.82) is 0 Å². The molecule has 100 valence electrons. The van der Waals surface area contributed by atoms with Crippen molar-refractivity contribution < 1.29 is 14.3 Å². The molecule has 0 aliphatic rings. The molecule has 0 bridgehead atoms. The van der Waals surface area contributed by atoms with Gasteiger partial charge in [0.2, 0.25) is 0 Å². The average Bonchev–Trinajstić information content (AvgIpc) is 2.78. The Labute approximate surface area is 113 Å². The van der Waals surface area contributed by atoms with Crippen molar-refractivity contribution in [3.8, 4) is 5.69 Å². The molecule has 1 N–H and O–H groups in total. The number of benzene rings is 1. The Balaban J connectivity index is 2.31. The molecule has 0 saturated carbocycles. The molecule has 0 aliphatic heterocycles.